The summed E-state index contributed by atoms with van der Waals surface area (Å²) in [6.07, 6.45) is 2.89. The maximum atomic E-state index is 13.8. The fraction of sp³-hybridized carbons (Fsp3) is 0.231. The lowest BCUT2D eigenvalue weighted by atomic mass is 10.2. The van der Waals surface area contributed by atoms with E-state index in [1.807, 2.05) is 0 Å². The van der Waals surface area contributed by atoms with E-state index in [-0.39, 0.29) is 18.0 Å². The van der Waals surface area contributed by atoms with Gasteiger partial charge in [0.2, 0.25) is 10.0 Å². The van der Waals surface area contributed by atoms with Gasteiger partial charge in [-0.1, -0.05) is 6.07 Å². The van der Waals surface area contributed by atoms with Gasteiger partial charge >= 0.3 is 0 Å². The number of furan rings is 1. The molecule has 0 saturated heterocycles. The number of hydrogen-bond acceptors (Lipinski definition) is 4. The van der Waals surface area contributed by atoms with Crippen molar-refractivity contribution in [1.82, 2.24) is 4.31 Å². The van der Waals surface area contributed by atoms with Crippen LogP contribution in [0.5, 0.6) is 0 Å². The second-order valence-electron chi connectivity index (χ2n) is 4.36. The monoisotopic (exact) mass is 298 g/mol. The third-order valence-corrected chi connectivity index (χ3v) is 4.72. The minimum atomic E-state index is -3.92. The zero-order valence-electron chi connectivity index (χ0n) is 10.9. The first-order valence-electron chi connectivity index (χ1n) is 5.91. The first-order chi connectivity index (χ1) is 9.45. The van der Waals surface area contributed by atoms with Crippen LogP contribution in [0.2, 0.25) is 0 Å². The Balaban J connectivity index is 2.34. The van der Waals surface area contributed by atoms with E-state index >= 15 is 0 Å². The summed E-state index contributed by atoms with van der Waals surface area (Å²) >= 11 is 0. The standard InChI is InChI=1S/C13H15FN2O3S/c1-16(8-11-4-5-19-9-11)20(17,18)13-6-10(7-15)2-3-12(13)14/h2-6,9H,7-8,15H2,1H3. The van der Waals surface area contributed by atoms with Crippen LogP contribution in [0.25, 0.3) is 0 Å². The molecule has 0 fully saturated rings. The maximum Gasteiger partial charge on any atom is 0.246 e. The summed E-state index contributed by atoms with van der Waals surface area (Å²) in [6.45, 7) is 0.249. The number of benzene rings is 1. The molecule has 2 N–H and O–H groups in total. The summed E-state index contributed by atoms with van der Waals surface area (Å²) in [5, 5.41) is 0. The van der Waals surface area contributed by atoms with E-state index in [1.165, 1.54) is 31.7 Å². The van der Waals surface area contributed by atoms with Crippen LogP contribution in [0.15, 0.2) is 46.1 Å². The average Bonchev–Trinajstić information content (AvgIpc) is 2.92. The van der Waals surface area contributed by atoms with Crippen molar-refractivity contribution >= 4 is 10.0 Å². The Labute approximate surface area is 116 Å². The van der Waals surface area contributed by atoms with Gasteiger partial charge in [0.15, 0.2) is 0 Å². The first kappa shape index (κ1) is 14.7. The summed E-state index contributed by atoms with van der Waals surface area (Å²) in [5.41, 5.74) is 6.70. The van der Waals surface area contributed by atoms with Gasteiger partial charge in [-0.15, -0.1) is 0 Å². The zero-order valence-corrected chi connectivity index (χ0v) is 11.7. The molecular formula is C13H15FN2O3S. The molecule has 5 nitrogen and oxygen atoms in total. The molecule has 0 amide bonds. The fourth-order valence-corrected chi connectivity index (χ4v) is 3.03. The molecule has 2 rings (SSSR count). The van der Waals surface area contributed by atoms with E-state index in [4.69, 9.17) is 10.2 Å². The number of nitrogens with zero attached hydrogens (tertiary/aromatic N) is 1. The molecule has 0 unspecified atom stereocenters. The van der Waals surface area contributed by atoms with Crippen LogP contribution in [0.3, 0.4) is 0 Å². The fourth-order valence-electron chi connectivity index (χ4n) is 1.77. The highest BCUT2D eigenvalue weighted by molar-refractivity contribution is 7.89. The molecule has 108 valence electrons. The third-order valence-electron chi connectivity index (χ3n) is 2.90. The van der Waals surface area contributed by atoms with Crippen molar-refractivity contribution in [2.45, 2.75) is 18.0 Å². The Hall–Kier alpha value is -1.70. The number of sulfonamides is 1. The molecule has 0 aliphatic heterocycles. The van der Waals surface area contributed by atoms with E-state index in [9.17, 15) is 12.8 Å². The van der Waals surface area contributed by atoms with Crippen molar-refractivity contribution in [3.63, 3.8) is 0 Å². The molecule has 1 heterocycles. The molecule has 20 heavy (non-hydrogen) atoms. The molecule has 1 aromatic heterocycles. The van der Waals surface area contributed by atoms with Crippen molar-refractivity contribution in [2.75, 3.05) is 7.05 Å². The largest absolute Gasteiger partial charge is 0.472 e. The summed E-state index contributed by atoms with van der Waals surface area (Å²) in [6, 6.07) is 5.49. The molecule has 0 atom stereocenters. The number of halogens is 1. The van der Waals surface area contributed by atoms with Crippen LogP contribution < -0.4 is 5.73 Å². The summed E-state index contributed by atoms with van der Waals surface area (Å²) in [7, 11) is -2.53. The molecule has 7 heteroatoms. The van der Waals surface area contributed by atoms with Crippen LogP contribution in [-0.4, -0.2) is 19.8 Å². The smallest absolute Gasteiger partial charge is 0.246 e. The van der Waals surface area contributed by atoms with Crippen LogP contribution in [0.1, 0.15) is 11.1 Å². The SMILES string of the molecule is CN(Cc1ccoc1)S(=O)(=O)c1cc(CN)ccc1F. The number of rotatable bonds is 5. The van der Waals surface area contributed by atoms with E-state index in [1.54, 1.807) is 6.07 Å². The van der Waals surface area contributed by atoms with Gasteiger partial charge in [-0.05, 0) is 23.8 Å². The van der Waals surface area contributed by atoms with Gasteiger partial charge in [0.25, 0.3) is 0 Å². The molecule has 0 aliphatic rings. The number of nitrogens with two attached hydrogens (primary N) is 1. The van der Waals surface area contributed by atoms with Crippen molar-refractivity contribution < 1.29 is 17.2 Å². The molecule has 0 bridgehead atoms. The van der Waals surface area contributed by atoms with Crippen LogP contribution in [0, 0.1) is 5.82 Å². The molecule has 0 saturated carbocycles. The van der Waals surface area contributed by atoms with E-state index < -0.39 is 15.8 Å². The Kier molecular flexibility index (Phi) is 4.22. The van der Waals surface area contributed by atoms with Gasteiger partial charge in [0.1, 0.15) is 10.7 Å². The van der Waals surface area contributed by atoms with Gasteiger partial charge in [0, 0.05) is 25.7 Å². The van der Waals surface area contributed by atoms with Gasteiger partial charge in [-0.2, -0.15) is 4.31 Å². The summed E-state index contributed by atoms with van der Waals surface area (Å²) in [5.74, 6) is -0.791. The number of hydrogen-bond donors (Lipinski definition) is 1. The molecule has 0 spiro atoms. The minimum Gasteiger partial charge on any atom is -0.472 e. The lowest BCUT2D eigenvalue weighted by Gasteiger charge is -2.17. The van der Waals surface area contributed by atoms with Crippen LogP contribution >= 0.6 is 0 Å². The zero-order chi connectivity index (χ0) is 14.8. The second kappa shape index (κ2) is 5.74. The molecule has 0 aliphatic carbocycles. The first-order valence-corrected chi connectivity index (χ1v) is 7.35. The van der Waals surface area contributed by atoms with Crippen LogP contribution in [0.4, 0.5) is 4.39 Å². The normalized spacial score (nSPS) is 12.0. The maximum absolute atomic E-state index is 13.8. The highest BCUT2D eigenvalue weighted by Crippen LogP contribution is 2.21. The van der Waals surface area contributed by atoms with E-state index in [2.05, 4.69) is 0 Å². The molecule has 1 aromatic carbocycles. The van der Waals surface area contributed by atoms with Crippen molar-refractivity contribution in [3.8, 4) is 0 Å². The summed E-state index contributed by atoms with van der Waals surface area (Å²) in [4.78, 5) is -0.369. The van der Waals surface area contributed by atoms with Gasteiger partial charge in [-0.3, -0.25) is 0 Å². The van der Waals surface area contributed by atoms with Crippen molar-refractivity contribution in [1.29, 1.82) is 0 Å². The molecule has 0 radical (unpaired) electrons. The van der Waals surface area contributed by atoms with E-state index in [0.717, 1.165) is 10.4 Å². The highest BCUT2D eigenvalue weighted by Gasteiger charge is 2.25. The molecular weight excluding hydrogens is 283 g/mol. The van der Waals surface area contributed by atoms with Crippen molar-refractivity contribution in [3.05, 3.63) is 53.7 Å². The van der Waals surface area contributed by atoms with Gasteiger partial charge in [0.05, 0.1) is 12.5 Å². The van der Waals surface area contributed by atoms with Gasteiger partial charge < -0.3 is 10.2 Å². The Morgan fingerprint density at radius 2 is 2.05 bits per heavy atom. The highest BCUT2D eigenvalue weighted by atomic mass is 32.2. The predicted molar refractivity (Wildman–Crippen MR) is 71.7 cm³/mol. The predicted octanol–water partition coefficient (Wildman–Crippen LogP) is 1.70. The Bertz CT molecular complexity index is 684. The Morgan fingerprint density at radius 3 is 2.65 bits per heavy atom. The van der Waals surface area contributed by atoms with E-state index in [0.29, 0.717) is 11.1 Å². The van der Waals surface area contributed by atoms with Crippen LogP contribution in [-0.2, 0) is 23.1 Å². The minimum absolute atomic E-state index is 0.102. The second-order valence-corrected chi connectivity index (χ2v) is 6.37. The third kappa shape index (κ3) is 2.90. The average molecular weight is 298 g/mol. The lowest BCUT2D eigenvalue weighted by Crippen LogP contribution is -2.27. The van der Waals surface area contributed by atoms with Gasteiger partial charge in [-0.25, -0.2) is 12.8 Å². The Morgan fingerprint density at radius 1 is 1.30 bits per heavy atom. The topological polar surface area (TPSA) is 76.5 Å². The quantitative estimate of drug-likeness (QED) is 0.911. The molecule has 2 aromatic rings. The lowest BCUT2D eigenvalue weighted by molar-refractivity contribution is 0.457. The summed E-state index contributed by atoms with van der Waals surface area (Å²) < 4.78 is 44.4. The van der Waals surface area contributed by atoms with Crippen molar-refractivity contribution in [2.24, 2.45) is 5.73 Å².